The number of nitrogens with zero attached hydrogens (tertiary/aromatic N) is 5. The van der Waals surface area contributed by atoms with E-state index in [2.05, 4.69) is 9.98 Å². The number of hydrogen-bond donors (Lipinski definition) is 0. The van der Waals surface area contributed by atoms with E-state index in [0.717, 1.165) is 4.88 Å². The molecule has 0 amide bonds. The summed E-state index contributed by atoms with van der Waals surface area (Å²) in [6.45, 7) is 6.01. The quantitative estimate of drug-likeness (QED) is 0.252. The molecule has 0 aliphatic carbocycles. The van der Waals surface area contributed by atoms with Crippen LogP contribution in [0.3, 0.4) is 0 Å². The monoisotopic (exact) mass is 479 g/mol. The standard InChI is InChI=1S/C22H24F3N5O2S/c1-21(2,3)18-13-30(8-7-22(23,24)25)20(33-18)29-19(28-14-27)16-11-15(12-26)5-6-17(16)32-10-9-31-4/h5-6,11,13H,7-10H2,1-4H3/b28-19?,29-20-. The lowest BCUT2D eigenvalue weighted by Gasteiger charge is -2.14. The molecule has 0 radical (unpaired) electrons. The highest BCUT2D eigenvalue weighted by atomic mass is 32.1. The summed E-state index contributed by atoms with van der Waals surface area (Å²) in [5.41, 5.74) is 0.247. The molecule has 0 N–H and O–H groups in total. The van der Waals surface area contributed by atoms with Gasteiger partial charge in [0.15, 0.2) is 10.6 Å². The molecule has 0 atom stereocenters. The Balaban J connectivity index is 2.65. The first-order valence-corrected chi connectivity index (χ1v) is 10.8. The number of ether oxygens (including phenoxy) is 2. The van der Waals surface area contributed by atoms with E-state index in [-0.39, 0.29) is 40.3 Å². The summed E-state index contributed by atoms with van der Waals surface area (Å²) in [5.74, 6) is 0.253. The van der Waals surface area contributed by atoms with Gasteiger partial charge in [-0.15, -0.1) is 11.3 Å². The van der Waals surface area contributed by atoms with Crippen LogP contribution in [0.15, 0.2) is 34.4 Å². The number of aromatic nitrogens is 1. The smallest absolute Gasteiger partial charge is 0.390 e. The Hall–Kier alpha value is -3.15. The van der Waals surface area contributed by atoms with Crippen LogP contribution in [0.25, 0.3) is 0 Å². The van der Waals surface area contributed by atoms with Crippen LogP contribution < -0.4 is 9.54 Å². The van der Waals surface area contributed by atoms with Crippen molar-refractivity contribution in [2.75, 3.05) is 20.3 Å². The van der Waals surface area contributed by atoms with Crippen molar-refractivity contribution >= 4 is 17.2 Å². The van der Waals surface area contributed by atoms with Gasteiger partial charge >= 0.3 is 6.18 Å². The second kappa shape index (κ2) is 11.1. The van der Waals surface area contributed by atoms with Crippen molar-refractivity contribution in [1.29, 1.82) is 10.5 Å². The Kier molecular flexibility index (Phi) is 8.80. The molecule has 2 aromatic rings. The number of halogens is 3. The van der Waals surface area contributed by atoms with E-state index in [9.17, 15) is 23.7 Å². The number of rotatable bonds is 7. The minimum Gasteiger partial charge on any atom is -0.490 e. The molecule has 0 spiro atoms. The van der Waals surface area contributed by atoms with Crippen LogP contribution in [0, 0.1) is 22.8 Å². The van der Waals surface area contributed by atoms with Crippen molar-refractivity contribution < 1.29 is 22.6 Å². The first-order valence-electron chi connectivity index (χ1n) is 9.93. The summed E-state index contributed by atoms with van der Waals surface area (Å²) in [6.07, 6.45) is -2.04. The normalized spacial score (nSPS) is 13.0. The van der Waals surface area contributed by atoms with Crippen LogP contribution in [0.1, 0.15) is 43.2 Å². The van der Waals surface area contributed by atoms with E-state index in [1.165, 1.54) is 29.1 Å². The lowest BCUT2D eigenvalue weighted by atomic mass is 9.95. The van der Waals surface area contributed by atoms with Crippen molar-refractivity contribution in [1.82, 2.24) is 4.57 Å². The Morgan fingerprint density at radius 3 is 2.48 bits per heavy atom. The van der Waals surface area contributed by atoms with E-state index in [4.69, 9.17) is 9.47 Å². The van der Waals surface area contributed by atoms with Gasteiger partial charge in [0.1, 0.15) is 12.4 Å². The van der Waals surface area contributed by atoms with Crippen LogP contribution in [0.5, 0.6) is 5.75 Å². The fourth-order valence-corrected chi connectivity index (χ4v) is 3.72. The molecule has 1 aromatic heterocycles. The van der Waals surface area contributed by atoms with E-state index in [0.29, 0.717) is 12.4 Å². The van der Waals surface area contributed by atoms with Gasteiger partial charge < -0.3 is 14.0 Å². The molecule has 0 aliphatic rings. The molecule has 11 heteroatoms. The first-order chi connectivity index (χ1) is 15.5. The summed E-state index contributed by atoms with van der Waals surface area (Å²) in [5, 5.41) is 18.5. The highest BCUT2D eigenvalue weighted by Crippen LogP contribution is 2.26. The van der Waals surface area contributed by atoms with Crippen LogP contribution in [0.4, 0.5) is 13.2 Å². The molecule has 176 valence electrons. The highest BCUT2D eigenvalue weighted by Gasteiger charge is 2.27. The number of thiazole rings is 1. The first kappa shape index (κ1) is 26.1. The molecule has 0 saturated carbocycles. The summed E-state index contributed by atoms with van der Waals surface area (Å²) in [7, 11) is 1.52. The van der Waals surface area contributed by atoms with Crippen molar-refractivity contribution in [3.05, 3.63) is 45.2 Å². The number of aliphatic imine (C=N–C) groups is 1. The minimum absolute atomic E-state index is 0.0647. The molecule has 0 unspecified atom stereocenters. The molecule has 0 aliphatic heterocycles. The van der Waals surface area contributed by atoms with Gasteiger partial charge in [0.05, 0.1) is 30.2 Å². The number of methoxy groups -OCH3 is 1. The third-order valence-corrected chi connectivity index (χ3v) is 5.79. The Morgan fingerprint density at radius 2 is 1.91 bits per heavy atom. The lowest BCUT2D eigenvalue weighted by molar-refractivity contribution is -0.136. The van der Waals surface area contributed by atoms with Gasteiger partial charge in [-0.2, -0.15) is 33.7 Å². The van der Waals surface area contributed by atoms with Crippen LogP contribution in [0.2, 0.25) is 0 Å². The highest BCUT2D eigenvalue weighted by molar-refractivity contribution is 7.09. The fourth-order valence-electron chi connectivity index (χ4n) is 2.64. The molecule has 0 bridgehead atoms. The molecule has 1 aromatic carbocycles. The van der Waals surface area contributed by atoms with E-state index >= 15 is 0 Å². The van der Waals surface area contributed by atoms with E-state index in [1.807, 2.05) is 26.8 Å². The third kappa shape index (κ3) is 7.74. The van der Waals surface area contributed by atoms with Gasteiger partial charge in [-0.1, -0.05) is 20.8 Å². The van der Waals surface area contributed by atoms with Gasteiger partial charge in [0, 0.05) is 24.7 Å². The zero-order valence-corrected chi connectivity index (χ0v) is 19.5. The number of amidine groups is 1. The number of aryl methyl sites for hydroxylation is 1. The number of hydrogen-bond acceptors (Lipinski definition) is 6. The zero-order chi connectivity index (χ0) is 24.6. The second-order valence-corrected chi connectivity index (χ2v) is 9.01. The molecule has 1 heterocycles. The Labute approximate surface area is 194 Å². The van der Waals surface area contributed by atoms with Crippen molar-refractivity contribution in [2.24, 2.45) is 9.98 Å². The molecular formula is C22H24F3N5O2S. The maximum absolute atomic E-state index is 12.9. The predicted molar refractivity (Wildman–Crippen MR) is 118 cm³/mol. The molecule has 33 heavy (non-hydrogen) atoms. The van der Waals surface area contributed by atoms with Crippen LogP contribution in [-0.4, -0.2) is 36.9 Å². The summed E-state index contributed by atoms with van der Waals surface area (Å²) < 4.78 is 50.7. The average molecular weight is 480 g/mol. The molecule has 7 nitrogen and oxygen atoms in total. The van der Waals surface area contributed by atoms with Gasteiger partial charge in [-0.3, -0.25) is 0 Å². The zero-order valence-electron chi connectivity index (χ0n) is 18.7. The van der Waals surface area contributed by atoms with E-state index < -0.39 is 12.6 Å². The molecular weight excluding hydrogens is 455 g/mol. The summed E-state index contributed by atoms with van der Waals surface area (Å²) in [6, 6.07) is 6.58. The predicted octanol–water partition coefficient (Wildman–Crippen LogP) is 4.52. The van der Waals surface area contributed by atoms with Gasteiger partial charge in [-0.05, 0) is 23.6 Å². The second-order valence-electron chi connectivity index (χ2n) is 8.00. The van der Waals surface area contributed by atoms with Crippen molar-refractivity contribution in [3.8, 4) is 18.0 Å². The van der Waals surface area contributed by atoms with Gasteiger partial charge in [0.25, 0.3) is 0 Å². The average Bonchev–Trinajstić information content (AvgIpc) is 3.15. The Bertz CT molecular complexity index is 1140. The molecule has 2 rings (SSSR count). The largest absolute Gasteiger partial charge is 0.490 e. The minimum atomic E-state index is -4.33. The van der Waals surface area contributed by atoms with Gasteiger partial charge in [-0.25, -0.2) is 0 Å². The number of alkyl halides is 3. The SMILES string of the molecule is COCCOc1ccc(C#N)cc1C(=NC#N)/N=c1\sc(C(C)(C)C)cn1CCC(F)(F)F. The van der Waals surface area contributed by atoms with Gasteiger partial charge in [0.2, 0.25) is 6.19 Å². The topological polar surface area (TPSA) is 95.7 Å². The van der Waals surface area contributed by atoms with Crippen molar-refractivity contribution in [3.63, 3.8) is 0 Å². The molecule has 0 saturated heterocycles. The fraction of sp³-hybridized carbons (Fsp3) is 0.455. The third-order valence-electron chi connectivity index (χ3n) is 4.35. The lowest BCUT2D eigenvalue weighted by Crippen LogP contribution is -2.21. The number of benzene rings is 1. The van der Waals surface area contributed by atoms with Crippen LogP contribution >= 0.6 is 11.3 Å². The molecule has 0 fully saturated rings. The maximum atomic E-state index is 12.9. The van der Waals surface area contributed by atoms with Crippen LogP contribution in [-0.2, 0) is 16.7 Å². The van der Waals surface area contributed by atoms with E-state index in [1.54, 1.807) is 24.5 Å². The summed E-state index contributed by atoms with van der Waals surface area (Å²) in [4.78, 5) is 9.29. The number of nitriles is 2. The van der Waals surface area contributed by atoms with Crippen molar-refractivity contribution in [2.45, 2.75) is 45.3 Å². The maximum Gasteiger partial charge on any atom is 0.390 e. The Morgan fingerprint density at radius 1 is 1.18 bits per heavy atom. The summed E-state index contributed by atoms with van der Waals surface area (Å²) >= 11 is 1.22.